The fourth-order valence-corrected chi connectivity index (χ4v) is 3.06. The van der Waals surface area contributed by atoms with Crippen LogP contribution in [0.1, 0.15) is 34.5 Å². The summed E-state index contributed by atoms with van der Waals surface area (Å²) in [6.07, 6.45) is 3.50. The molecule has 0 aromatic carbocycles. The van der Waals surface area contributed by atoms with Crippen LogP contribution in [0.3, 0.4) is 0 Å². The van der Waals surface area contributed by atoms with Gasteiger partial charge in [0.25, 0.3) is 0 Å². The van der Waals surface area contributed by atoms with E-state index in [1.807, 2.05) is 0 Å². The molecule has 78 valence electrons. The molecule has 0 aliphatic heterocycles. The van der Waals surface area contributed by atoms with Crippen molar-refractivity contribution < 1.29 is 5.11 Å². The highest BCUT2D eigenvalue weighted by Gasteiger charge is 2.22. The maximum Gasteiger partial charge on any atom is 0.0900 e. The Kier molecular flexibility index (Phi) is 3.15. The minimum Gasteiger partial charge on any atom is -0.395 e. The fourth-order valence-electron chi connectivity index (χ4n) is 1.98. The van der Waals surface area contributed by atoms with Gasteiger partial charge in [-0.15, -0.1) is 11.3 Å². The minimum absolute atomic E-state index is 0.212. The summed E-state index contributed by atoms with van der Waals surface area (Å²) in [5.41, 5.74) is 1.27. The number of aliphatic hydroxyl groups is 1. The van der Waals surface area contributed by atoms with Crippen molar-refractivity contribution in [2.24, 2.45) is 0 Å². The van der Waals surface area contributed by atoms with Crippen molar-refractivity contribution in [2.45, 2.75) is 32.2 Å². The number of hydrogen-bond acceptors (Lipinski definition) is 4. The van der Waals surface area contributed by atoms with Crippen molar-refractivity contribution in [2.75, 3.05) is 13.2 Å². The first-order valence-electron chi connectivity index (χ1n) is 5.11. The molecule has 1 aromatic rings. The molecule has 1 heterocycles. The van der Waals surface area contributed by atoms with Gasteiger partial charge in [0.2, 0.25) is 0 Å². The van der Waals surface area contributed by atoms with E-state index in [-0.39, 0.29) is 6.61 Å². The molecule has 0 bridgehead atoms. The molecule has 3 nitrogen and oxygen atoms in total. The Hall–Kier alpha value is -0.450. The number of aromatic nitrogens is 1. The Bertz CT molecular complexity index is 311. The van der Waals surface area contributed by atoms with Crippen LogP contribution < -0.4 is 5.32 Å². The normalized spacial score (nSPS) is 20.9. The Balaban J connectivity index is 2.13. The van der Waals surface area contributed by atoms with E-state index >= 15 is 0 Å². The zero-order valence-electron chi connectivity index (χ0n) is 8.42. The van der Waals surface area contributed by atoms with Gasteiger partial charge in [0.15, 0.2) is 0 Å². The molecule has 1 unspecified atom stereocenters. The van der Waals surface area contributed by atoms with Crippen LogP contribution in [0, 0.1) is 6.92 Å². The average Bonchev–Trinajstić information content (AvgIpc) is 2.55. The van der Waals surface area contributed by atoms with E-state index in [1.54, 1.807) is 11.3 Å². The van der Waals surface area contributed by atoms with Crippen molar-refractivity contribution in [3.05, 3.63) is 15.6 Å². The predicted octanol–water partition coefficient (Wildman–Crippen LogP) is 1.41. The summed E-state index contributed by atoms with van der Waals surface area (Å²) >= 11 is 1.79. The molecule has 0 spiro atoms. The SMILES string of the molecule is Cc1nc2c(s1)C(NCCO)CCC2. The smallest absolute Gasteiger partial charge is 0.0900 e. The molecule has 14 heavy (non-hydrogen) atoms. The molecule has 0 saturated carbocycles. The summed E-state index contributed by atoms with van der Waals surface area (Å²) < 4.78 is 0. The number of nitrogens with zero attached hydrogens (tertiary/aromatic N) is 1. The van der Waals surface area contributed by atoms with E-state index < -0.39 is 0 Å². The Morgan fingerprint density at radius 2 is 2.50 bits per heavy atom. The molecule has 0 saturated heterocycles. The van der Waals surface area contributed by atoms with Gasteiger partial charge in [0, 0.05) is 17.5 Å². The highest BCUT2D eigenvalue weighted by atomic mass is 32.1. The third-order valence-electron chi connectivity index (χ3n) is 2.56. The number of nitrogens with one attached hydrogen (secondary N) is 1. The van der Waals surface area contributed by atoms with Crippen LogP contribution in [0.2, 0.25) is 0 Å². The average molecular weight is 212 g/mol. The van der Waals surface area contributed by atoms with E-state index in [1.165, 1.54) is 23.4 Å². The number of thiazole rings is 1. The lowest BCUT2D eigenvalue weighted by molar-refractivity contribution is 0.281. The van der Waals surface area contributed by atoms with Crippen molar-refractivity contribution in [1.29, 1.82) is 0 Å². The maximum absolute atomic E-state index is 8.78. The number of fused-ring (bicyclic) bond motifs is 1. The summed E-state index contributed by atoms with van der Waals surface area (Å²) in [7, 11) is 0. The first kappa shape index (κ1) is 10.1. The Morgan fingerprint density at radius 3 is 3.29 bits per heavy atom. The third-order valence-corrected chi connectivity index (χ3v) is 3.69. The molecular weight excluding hydrogens is 196 g/mol. The second kappa shape index (κ2) is 4.38. The molecule has 4 heteroatoms. The van der Waals surface area contributed by atoms with Gasteiger partial charge in [0.05, 0.1) is 17.3 Å². The van der Waals surface area contributed by atoms with Gasteiger partial charge in [-0.3, -0.25) is 0 Å². The van der Waals surface area contributed by atoms with E-state index in [2.05, 4.69) is 17.2 Å². The summed E-state index contributed by atoms with van der Waals surface area (Å²) in [6, 6.07) is 0.428. The molecular formula is C10H16N2OS. The number of aliphatic hydroxyl groups excluding tert-OH is 1. The zero-order valence-corrected chi connectivity index (χ0v) is 9.23. The van der Waals surface area contributed by atoms with Crippen LogP contribution in [-0.4, -0.2) is 23.2 Å². The summed E-state index contributed by atoms with van der Waals surface area (Å²) in [6.45, 7) is 2.96. The predicted molar refractivity (Wildman–Crippen MR) is 57.6 cm³/mol. The fraction of sp³-hybridized carbons (Fsp3) is 0.700. The maximum atomic E-state index is 8.78. The van der Waals surface area contributed by atoms with Gasteiger partial charge in [-0.05, 0) is 26.2 Å². The van der Waals surface area contributed by atoms with E-state index in [4.69, 9.17) is 5.11 Å². The third kappa shape index (κ3) is 1.97. The summed E-state index contributed by atoms with van der Waals surface area (Å²) in [5.74, 6) is 0. The van der Waals surface area contributed by atoms with Crippen LogP contribution in [-0.2, 0) is 6.42 Å². The molecule has 2 N–H and O–H groups in total. The summed E-state index contributed by atoms with van der Waals surface area (Å²) in [4.78, 5) is 5.92. The largest absolute Gasteiger partial charge is 0.395 e. The molecule has 1 aliphatic rings. The second-order valence-electron chi connectivity index (χ2n) is 3.67. The first-order valence-corrected chi connectivity index (χ1v) is 5.93. The lowest BCUT2D eigenvalue weighted by Gasteiger charge is -2.21. The summed E-state index contributed by atoms with van der Waals surface area (Å²) in [5, 5.41) is 13.3. The van der Waals surface area contributed by atoms with E-state index in [0.717, 1.165) is 11.4 Å². The Morgan fingerprint density at radius 1 is 1.64 bits per heavy atom. The highest BCUT2D eigenvalue weighted by molar-refractivity contribution is 7.11. The minimum atomic E-state index is 0.212. The molecule has 0 radical (unpaired) electrons. The number of rotatable bonds is 3. The van der Waals surface area contributed by atoms with Gasteiger partial charge in [-0.2, -0.15) is 0 Å². The Labute approximate surface area is 88.2 Å². The van der Waals surface area contributed by atoms with Crippen LogP contribution >= 0.6 is 11.3 Å². The topological polar surface area (TPSA) is 45.2 Å². The second-order valence-corrected chi connectivity index (χ2v) is 4.90. The van der Waals surface area contributed by atoms with Crippen molar-refractivity contribution in [3.8, 4) is 0 Å². The van der Waals surface area contributed by atoms with Crippen LogP contribution in [0.25, 0.3) is 0 Å². The molecule has 1 atom stereocenters. The van der Waals surface area contributed by atoms with Gasteiger partial charge >= 0.3 is 0 Å². The van der Waals surface area contributed by atoms with Crippen LogP contribution in [0.4, 0.5) is 0 Å². The number of hydrogen-bond donors (Lipinski definition) is 2. The van der Waals surface area contributed by atoms with Crippen LogP contribution in [0.15, 0.2) is 0 Å². The van der Waals surface area contributed by atoms with Crippen molar-refractivity contribution in [1.82, 2.24) is 10.3 Å². The van der Waals surface area contributed by atoms with Crippen molar-refractivity contribution in [3.63, 3.8) is 0 Å². The van der Waals surface area contributed by atoms with Gasteiger partial charge in [-0.1, -0.05) is 0 Å². The van der Waals surface area contributed by atoms with Gasteiger partial charge < -0.3 is 10.4 Å². The molecule has 0 fully saturated rings. The monoisotopic (exact) mass is 212 g/mol. The highest BCUT2D eigenvalue weighted by Crippen LogP contribution is 2.33. The molecule has 2 rings (SSSR count). The zero-order chi connectivity index (χ0) is 9.97. The van der Waals surface area contributed by atoms with Crippen LogP contribution in [0.5, 0.6) is 0 Å². The van der Waals surface area contributed by atoms with Gasteiger partial charge in [-0.25, -0.2) is 4.98 Å². The van der Waals surface area contributed by atoms with Crippen molar-refractivity contribution >= 4 is 11.3 Å². The lowest BCUT2D eigenvalue weighted by atomic mass is 9.98. The quantitative estimate of drug-likeness (QED) is 0.796. The van der Waals surface area contributed by atoms with Gasteiger partial charge in [0.1, 0.15) is 0 Å². The number of aryl methyl sites for hydroxylation is 2. The molecule has 0 amide bonds. The molecule has 1 aromatic heterocycles. The molecule has 1 aliphatic carbocycles. The first-order chi connectivity index (χ1) is 6.81. The van der Waals surface area contributed by atoms with E-state index in [9.17, 15) is 0 Å². The standard InChI is InChI=1S/C10H16N2OS/c1-7-12-9-4-2-3-8(10(9)14-7)11-5-6-13/h8,11,13H,2-6H2,1H3. The lowest BCUT2D eigenvalue weighted by Crippen LogP contribution is -2.26. The van der Waals surface area contributed by atoms with E-state index in [0.29, 0.717) is 12.6 Å².